The van der Waals surface area contributed by atoms with E-state index in [4.69, 9.17) is 16.6 Å². The number of likely N-dealkylation sites (N-methyl/N-ethyl adjacent to an activating group) is 1. The number of rotatable bonds is 7. The van der Waals surface area contributed by atoms with Crippen LogP contribution >= 0.6 is 11.6 Å². The van der Waals surface area contributed by atoms with E-state index in [2.05, 4.69) is 26.6 Å². The van der Waals surface area contributed by atoms with Crippen LogP contribution in [0.5, 0.6) is 0 Å². The first kappa shape index (κ1) is 20.8. The molecule has 30 heavy (non-hydrogen) atoms. The van der Waals surface area contributed by atoms with Crippen molar-refractivity contribution in [3.05, 3.63) is 59.4 Å². The summed E-state index contributed by atoms with van der Waals surface area (Å²) in [5, 5.41) is 3.78. The molecule has 3 aromatic rings. The lowest BCUT2D eigenvalue weighted by atomic mass is 10.1. The van der Waals surface area contributed by atoms with Crippen LogP contribution in [0.15, 0.2) is 48.7 Å². The van der Waals surface area contributed by atoms with Crippen LogP contribution in [0.4, 0.5) is 0 Å². The second-order valence-electron chi connectivity index (χ2n) is 7.84. The Morgan fingerprint density at radius 3 is 2.63 bits per heavy atom. The molecule has 6 nitrogen and oxygen atoms in total. The number of imidazole rings is 1. The predicted octanol–water partition coefficient (Wildman–Crippen LogP) is 2.95. The number of nitrogens with one attached hydrogen (secondary N) is 1. The largest absolute Gasteiger partial charge is 0.355 e. The molecule has 158 valence electrons. The molecule has 4 rings (SSSR count). The van der Waals surface area contributed by atoms with Gasteiger partial charge in [0.25, 0.3) is 0 Å². The first-order valence-electron chi connectivity index (χ1n) is 10.5. The summed E-state index contributed by atoms with van der Waals surface area (Å²) in [5.41, 5.74) is 3.84. The molecule has 1 aromatic carbocycles. The standard InChI is InChI=1S/C23H28ClN5O/c1-27-14-16-28(17-15-27)13-11-25-22(30)10-9-20-23(18-5-7-19(24)8-6-18)26-21-4-2-3-12-29(20)21/h2-8,12H,9-11,13-17H2,1H3,(H,25,30). The lowest BCUT2D eigenvalue weighted by molar-refractivity contribution is -0.121. The maximum Gasteiger partial charge on any atom is 0.220 e. The van der Waals surface area contributed by atoms with Crippen LogP contribution in [0.3, 0.4) is 0 Å². The zero-order chi connectivity index (χ0) is 20.9. The van der Waals surface area contributed by atoms with E-state index in [1.807, 2.05) is 48.7 Å². The van der Waals surface area contributed by atoms with Gasteiger partial charge in [0.15, 0.2) is 0 Å². The van der Waals surface area contributed by atoms with Crippen molar-refractivity contribution in [3.8, 4) is 11.3 Å². The molecule has 0 bridgehead atoms. The fourth-order valence-electron chi connectivity index (χ4n) is 3.87. The highest BCUT2D eigenvalue weighted by Gasteiger charge is 2.16. The number of fused-ring (bicyclic) bond motifs is 1. The molecule has 1 amide bonds. The molecule has 7 heteroatoms. The Balaban J connectivity index is 1.39. The number of amides is 1. The smallest absolute Gasteiger partial charge is 0.220 e. The fraction of sp³-hybridized carbons (Fsp3) is 0.391. The highest BCUT2D eigenvalue weighted by atomic mass is 35.5. The van der Waals surface area contributed by atoms with Gasteiger partial charge in [0.2, 0.25) is 5.91 Å². The van der Waals surface area contributed by atoms with Crippen molar-refractivity contribution in [2.45, 2.75) is 12.8 Å². The topological polar surface area (TPSA) is 52.9 Å². The molecule has 3 heterocycles. The summed E-state index contributed by atoms with van der Waals surface area (Å²) in [4.78, 5) is 22.0. The number of hydrogen-bond donors (Lipinski definition) is 1. The number of aryl methyl sites for hydroxylation is 1. The summed E-state index contributed by atoms with van der Waals surface area (Å²) >= 11 is 6.05. The summed E-state index contributed by atoms with van der Waals surface area (Å²) in [6.07, 6.45) is 3.07. The van der Waals surface area contributed by atoms with Crippen molar-refractivity contribution in [2.24, 2.45) is 0 Å². The predicted molar refractivity (Wildman–Crippen MR) is 121 cm³/mol. The number of nitrogens with zero attached hydrogens (tertiary/aromatic N) is 4. The third kappa shape index (κ3) is 5.01. The van der Waals surface area contributed by atoms with Crippen LogP contribution in [0.2, 0.25) is 5.02 Å². The van der Waals surface area contributed by atoms with Crippen LogP contribution in [0.25, 0.3) is 16.9 Å². The number of hydrogen-bond acceptors (Lipinski definition) is 4. The normalized spacial score (nSPS) is 15.5. The van der Waals surface area contributed by atoms with E-state index in [0.717, 1.165) is 55.3 Å². The molecule has 0 spiro atoms. The first-order valence-corrected chi connectivity index (χ1v) is 10.9. The van der Waals surface area contributed by atoms with Gasteiger partial charge >= 0.3 is 0 Å². The minimum absolute atomic E-state index is 0.0806. The molecule has 0 unspecified atom stereocenters. The van der Waals surface area contributed by atoms with Gasteiger partial charge in [-0.3, -0.25) is 9.69 Å². The van der Waals surface area contributed by atoms with Gasteiger partial charge in [-0.25, -0.2) is 4.98 Å². The zero-order valence-electron chi connectivity index (χ0n) is 17.4. The Morgan fingerprint density at radius 1 is 1.10 bits per heavy atom. The minimum Gasteiger partial charge on any atom is -0.355 e. The van der Waals surface area contributed by atoms with Gasteiger partial charge < -0.3 is 14.6 Å². The maximum absolute atomic E-state index is 12.5. The molecular weight excluding hydrogens is 398 g/mol. The molecule has 0 atom stereocenters. The van der Waals surface area contributed by atoms with Crippen LogP contribution in [0, 0.1) is 0 Å². The molecule has 0 aliphatic carbocycles. The van der Waals surface area contributed by atoms with Gasteiger partial charge in [0.1, 0.15) is 5.65 Å². The maximum atomic E-state index is 12.5. The molecule has 1 aliphatic heterocycles. The minimum atomic E-state index is 0.0806. The van der Waals surface area contributed by atoms with Crippen LogP contribution in [-0.2, 0) is 11.2 Å². The highest BCUT2D eigenvalue weighted by Crippen LogP contribution is 2.26. The Bertz CT molecular complexity index is 993. The molecule has 2 aromatic heterocycles. The van der Waals surface area contributed by atoms with E-state index < -0.39 is 0 Å². The van der Waals surface area contributed by atoms with Crippen LogP contribution in [-0.4, -0.2) is 71.4 Å². The van der Waals surface area contributed by atoms with Crippen molar-refractivity contribution in [2.75, 3.05) is 46.3 Å². The third-order valence-corrected chi connectivity index (χ3v) is 5.93. The molecule has 1 fully saturated rings. The average Bonchev–Trinajstić information content (AvgIpc) is 3.13. The zero-order valence-corrected chi connectivity index (χ0v) is 18.1. The number of pyridine rings is 1. The summed E-state index contributed by atoms with van der Waals surface area (Å²) in [6, 6.07) is 13.6. The Hall–Kier alpha value is -2.41. The second kappa shape index (κ2) is 9.60. The van der Waals surface area contributed by atoms with Gasteiger partial charge in [0.05, 0.1) is 11.4 Å². The first-order chi connectivity index (χ1) is 14.6. The van der Waals surface area contributed by atoms with E-state index in [0.29, 0.717) is 24.4 Å². The quantitative estimate of drug-likeness (QED) is 0.632. The molecule has 1 N–H and O–H groups in total. The van der Waals surface area contributed by atoms with Crippen molar-refractivity contribution in [1.82, 2.24) is 24.5 Å². The third-order valence-electron chi connectivity index (χ3n) is 5.68. The summed E-state index contributed by atoms with van der Waals surface area (Å²) < 4.78 is 2.07. The van der Waals surface area contributed by atoms with Crippen LogP contribution < -0.4 is 5.32 Å². The summed E-state index contributed by atoms with van der Waals surface area (Å²) in [5.74, 6) is 0.0806. The Labute approximate surface area is 182 Å². The van der Waals surface area contributed by atoms with Crippen LogP contribution in [0.1, 0.15) is 12.1 Å². The van der Waals surface area contributed by atoms with Crippen molar-refractivity contribution in [1.29, 1.82) is 0 Å². The lowest BCUT2D eigenvalue weighted by Crippen LogP contribution is -2.46. The lowest BCUT2D eigenvalue weighted by Gasteiger charge is -2.32. The number of benzene rings is 1. The summed E-state index contributed by atoms with van der Waals surface area (Å²) in [6.45, 7) is 5.92. The van der Waals surface area contributed by atoms with Crippen molar-refractivity contribution < 1.29 is 4.79 Å². The molecule has 1 saturated heterocycles. The van der Waals surface area contributed by atoms with Gasteiger partial charge in [0, 0.05) is 62.5 Å². The molecule has 1 aliphatic rings. The molecular formula is C23H28ClN5O. The number of piperazine rings is 1. The van der Waals surface area contributed by atoms with E-state index in [1.54, 1.807) is 0 Å². The number of carbonyl (C=O) groups is 1. The molecule has 0 radical (unpaired) electrons. The van der Waals surface area contributed by atoms with Crippen molar-refractivity contribution >= 4 is 23.2 Å². The summed E-state index contributed by atoms with van der Waals surface area (Å²) in [7, 11) is 2.15. The van der Waals surface area contributed by atoms with E-state index >= 15 is 0 Å². The monoisotopic (exact) mass is 425 g/mol. The number of carbonyl (C=O) groups excluding carboxylic acids is 1. The van der Waals surface area contributed by atoms with Crippen molar-refractivity contribution in [3.63, 3.8) is 0 Å². The van der Waals surface area contributed by atoms with E-state index in [1.165, 1.54) is 0 Å². The van der Waals surface area contributed by atoms with E-state index in [-0.39, 0.29) is 5.91 Å². The SMILES string of the molecule is CN1CCN(CCNC(=O)CCc2c(-c3ccc(Cl)cc3)nc3ccccn23)CC1. The van der Waals surface area contributed by atoms with Gasteiger partial charge in [-0.15, -0.1) is 0 Å². The van der Waals surface area contributed by atoms with E-state index in [9.17, 15) is 4.79 Å². The Morgan fingerprint density at radius 2 is 1.87 bits per heavy atom. The van der Waals surface area contributed by atoms with Gasteiger partial charge in [-0.1, -0.05) is 29.8 Å². The highest BCUT2D eigenvalue weighted by molar-refractivity contribution is 6.30. The van der Waals surface area contributed by atoms with Gasteiger partial charge in [-0.2, -0.15) is 0 Å². The fourth-order valence-corrected chi connectivity index (χ4v) is 4.00. The Kier molecular flexibility index (Phi) is 6.67. The second-order valence-corrected chi connectivity index (χ2v) is 8.27. The average molecular weight is 426 g/mol. The molecule has 0 saturated carbocycles. The number of aromatic nitrogens is 2. The number of halogens is 1. The van der Waals surface area contributed by atoms with Gasteiger partial charge in [-0.05, 0) is 37.7 Å².